The van der Waals surface area contributed by atoms with Crippen LogP contribution in [0.2, 0.25) is 0 Å². The van der Waals surface area contributed by atoms with Crippen molar-refractivity contribution in [2.45, 2.75) is 19.5 Å². The number of pyridine rings is 1. The Labute approximate surface area is 173 Å². The minimum Gasteiger partial charge on any atom is -0.354 e. The van der Waals surface area contributed by atoms with Crippen molar-refractivity contribution >= 4 is 33.4 Å². The molecule has 0 radical (unpaired) electrons. The zero-order valence-corrected chi connectivity index (χ0v) is 16.6. The molecule has 3 aromatic rings. The number of thiophene rings is 1. The molecule has 0 bridgehead atoms. The maximum atomic E-state index is 12.9. The lowest BCUT2D eigenvalue weighted by Gasteiger charge is -2.07. The number of hydrogen-bond donors (Lipinski definition) is 2. The molecule has 0 spiro atoms. The van der Waals surface area contributed by atoms with Gasteiger partial charge in [-0.2, -0.15) is 13.2 Å². The molecule has 0 saturated carbocycles. The molecule has 158 valence electrons. The second-order valence-corrected chi connectivity index (χ2v) is 7.51. The van der Waals surface area contributed by atoms with E-state index in [4.69, 9.17) is 0 Å². The van der Waals surface area contributed by atoms with E-state index >= 15 is 0 Å². The van der Waals surface area contributed by atoms with Gasteiger partial charge in [0, 0.05) is 18.5 Å². The summed E-state index contributed by atoms with van der Waals surface area (Å²) in [6.07, 6.45) is -4.47. The van der Waals surface area contributed by atoms with E-state index in [9.17, 15) is 27.2 Å². The van der Waals surface area contributed by atoms with Gasteiger partial charge in [0.05, 0.1) is 11.3 Å². The Morgan fingerprint density at radius 3 is 2.37 bits per heavy atom. The van der Waals surface area contributed by atoms with Crippen LogP contribution in [0, 0.1) is 12.7 Å². The van der Waals surface area contributed by atoms with Gasteiger partial charge in [-0.15, -0.1) is 11.3 Å². The molecule has 0 aliphatic carbocycles. The summed E-state index contributed by atoms with van der Waals surface area (Å²) in [7, 11) is 0. The van der Waals surface area contributed by atoms with Crippen molar-refractivity contribution in [2.75, 3.05) is 13.1 Å². The number of benzene rings is 1. The van der Waals surface area contributed by atoms with E-state index in [1.54, 1.807) is 6.92 Å². The first kappa shape index (κ1) is 21.7. The molecule has 0 aliphatic rings. The molecule has 0 unspecified atom stereocenters. The van der Waals surface area contributed by atoms with E-state index in [0.717, 1.165) is 17.4 Å². The average Bonchev–Trinajstić information content (AvgIpc) is 3.02. The highest BCUT2D eigenvalue weighted by molar-refractivity contribution is 7.20. The Kier molecular flexibility index (Phi) is 6.35. The normalized spacial score (nSPS) is 11.5. The Balaban J connectivity index is 1.54. The van der Waals surface area contributed by atoms with Crippen molar-refractivity contribution in [3.8, 4) is 0 Å². The van der Waals surface area contributed by atoms with E-state index in [0.29, 0.717) is 16.5 Å². The van der Waals surface area contributed by atoms with Gasteiger partial charge in [0.15, 0.2) is 0 Å². The number of carbonyl (C=O) groups is 2. The first-order chi connectivity index (χ1) is 14.1. The molecule has 0 saturated heterocycles. The van der Waals surface area contributed by atoms with Crippen LogP contribution in [-0.2, 0) is 17.4 Å². The smallest absolute Gasteiger partial charge is 0.354 e. The van der Waals surface area contributed by atoms with Gasteiger partial charge in [-0.1, -0.05) is 12.1 Å². The van der Waals surface area contributed by atoms with Crippen molar-refractivity contribution in [1.29, 1.82) is 0 Å². The molecule has 0 aliphatic heterocycles. The highest BCUT2D eigenvalue weighted by atomic mass is 32.1. The maximum Gasteiger partial charge on any atom is 0.433 e. The molecule has 3 rings (SSSR count). The van der Waals surface area contributed by atoms with E-state index in [1.807, 2.05) is 0 Å². The summed E-state index contributed by atoms with van der Waals surface area (Å²) in [5, 5.41) is 5.76. The van der Waals surface area contributed by atoms with Crippen LogP contribution in [0.3, 0.4) is 0 Å². The quantitative estimate of drug-likeness (QED) is 0.453. The lowest BCUT2D eigenvalue weighted by atomic mass is 10.1. The molecular weight excluding hydrogens is 422 g/mol. The number of hydrogen-bond acceptors (Lipinski definition) is 4. The van der Waals surface area contributed by atoms with Crippen molar-refractivity contribution in [3.63, 3.8) is 0 Å². The molecule has 0 fully saturated rings. The van der Waals surface area contributed by atoms with Gasteiger partial charge in [-0.3, -0.25) is 9.59 Å². The summed E-state index contributed by atoms with van der Waals surface area (Å²) in [4.78, 5) is 28.3. The van der Waals surface area contributed by atoms with Gasteiger partial charge < -0.3 is 10.6 Å². The number of nitrogens with one attached hydrogen (secondary N) is 2. The Hall–Kier alpha value is -3.01. The van der Waals surface area contributed by atoms with Crippen LogP contribution < -0.4 is 10.6 Å². The van der Waals surface area contributed by atoms with Crippen molar-refractivity contribution < 1.29 is 27.2 Å². The minimum absolute atomic E-state index is 0.0802. The summed E-state index contributed by atoms with van der Waals surface area (Å²) < 4.78 is 51.3. The predicted octanol–water partition coefficient (Wildman–Crippen LogP) is 3.85. The topological polar surface area (TPSA) is 71.1 Å². The fourth-order valence-corrected chi connectivity index (χ4v) is 3.88. The number of carbonyl (C=O) groups excluding carboxylic acids is 2. The van der Waals surface area contributed by atoms with Crippen LogP contribution in [0.25, 0.3) is 10.2 Å². The number of aromatic nitrogens is 1. The van der Waals surface area contributed by atoms with Crippen molar-refractivity contribution in [3.05, 3.63) is 63.9 Å². The summed E-state index contributed by atoms with van der Waals surface area (Å²) in [5.41, 5.74) is 0.200. The number of aryl methyl sites for hydroxylation is 1. The Morgan fingerprint density at radius 1 is 1.03 bits per heavy atom. The zero-order valence-electron chi connectivity index (χ0n) is 15.8. The molecule has 10 heteroatoms. The molecule has 1 aromatic carbocycles. The average molecular weight is 439 g/mol. The molecule has 2 N–H and O–H groups in total. The molecule has 2 heterocycles. The fourth-order valence-electron chi connectivity index (χ4n) is 2.78. The first-order valence-corrected chi connectivity index (χ1v) is 9.73. The SMILES string of the molecule is Cc1c(C(=O)NCCNC(=O)Cc2ccc(F)cc2)sc2nc(C(F)(F)F)ccc12. The number of nitrogens with zero attached hydrogens (tertiary/aromatic N) is 1. The molecule has 2 aromatic heterocycles. The number of halogens is 4. The van der Waals surface area contributed by atoms with E-state index < -0.39 is 17.8 Å². The van der Waals surface area contributed by atoms with Crippen LogP contribution in [0.5, 0.6) is 0 Å². The lowest BCUT2D eigenvalue weighted by molar-refractivity contribution is -0.140. The van der Waals surface area contributed by atoms with Crippen LogP contribution in [-0.4, -0.2) is 29.9 Å². The monoisotopic (exact) mass is 439 g/mol. The second-order valence-electron chi connectivity index (χ2n) is 6.51. The summed E-state index contributed by atoms with van der Waals surface area (Å²) in [5.74, 6) is -1.11. The van der Waals surface area contributed by atoms with E-state index in [-0.39, 0.29) is 40.9 Å². The van der Waals surface area contributed by atoms with Crippen molar-refractivity contribution in [2.24, 2.45) is 0 Å². The minimum atomic E-state index is -4.55. The summed E-state index contributed by atoms with van der Waals surface area (Å²) in [6, 6.07) is 7.76. The third kappa shape index (κ3) is 5.12. The van der Waals surface area contributed by atoms with Gasteiger partial charge in [0.25, 0.3) is 5.91 Å². The maximum absolute atomic E-state index is 12.9. The molecule has 5 nitrogen and oxygen atoms in total. The molecular formula is C20H17F4N3O2S. The van der Waals surface area contributed by atoms with Gasteiger partial charge in [0.2, 0.25) is 5.91 Å². The van der Waals surface area contributed by atoms with Crippen LogP contribution in [0.15, 0.2) is 36.4 Å². The predicted molar refractivity (Wildman–Crippen MR) is 105 cm³/mol. The van der Waals surface area contributed by atoms with Gasteiger partial charge >= 0.3 is 6.18 Å². The van der Waals surface area contributed by atoms with Crippen LogP contribution in [0.4, 0.5) is 17.6 Å². The first-order valence-electron chi connectivity index (χ1n) is 8.92. The Morgan fingerprint density at radius 2 is 1.70 bits per heavy atom. The third-order valence-corrected chi connectivity index (χ3v) is 5.51. The number of rotatable bonds is 6. The van der Waals surface area contributed by atoms with E-state index in [1.165, 1.54) is 30.3 Å². The molecule has 2 amide bonds. The van der Waals surface area contributed by atoms with Crippen LogP contribution >= 0.6 is 11.3 Å². The third-order valence-electron chi connectivity index (χ3n) is 4.31. The molecule has 30 heavy (non-hydrogen) atoms. The van der Waals surface area contributed by atoms with Gasteiger partial charge in [-0.05, 0) is 42.3 Å². The highest BCUT2D eigenvalue weighted by Crippen LogP contribution is 2.34. The van der Waals surface area contributed by atoms with Crippen LogP contribution in [0.1, 0.15) is 26.5 Å². The molecule has 0 atom stereocenters. The largest absolute Gasteiger partial charge is 0.433 e. The summed E-state index contributed by atoms with van der Waals surface area (Å²) >= 11 is 0.888. The number of alkyl halides is 3. The Bertz CT molecular complexity index is 1080. The lowest BCUT2D eigenvalue weighted by Crippen LogP contribution is -2.35. The number of fused-ring (bicyclic) bond motifs is 1. The second kappa shape index (κ2) is 8.78. The van der Waals surface area contributed by atoms with E-state index in [2.05, 4.69) is 15.6 Å². The zero-order chi connectivity index (χ0) is 21.9. The van der Waals surface area contributed by atoms with Crippen molar-refractivity contribution in [1.82, 2.24) is 15.6 Å². The fraction of sp³-hybridized carbons (Fsp3) is 0.250. The highest BCUT2D eigenvalue weighted by Gasteiger charge is 2.33. The number of amides is 2. The van der Waals surface area contributed by atoms with Gasteiger partial charge in [0.1, 0.15) is 16.3 Å². The van der Waals surface area contributed by atoms with Gasteiger partial charge in [-0.25, -0.2) is 9.37 Å². The standard InChI is InChI=1S/C20H17F4N3O2S/c1-11-14-6-7-15(20(22,23)24)27-19(14)30-17(11)18(29)26-9-8-25-16(28)10-12-2-4-13(21)5-3-12/h2-7H,8-10H2,1H3,(H,25,28)(H,26,29). The summed E-state index contributed by atoms with van der Waals surface area (Å²) in [6.45, 7) is 1.96.